The molecule has 2 rings (SSSR count). The number of para-hydroxylation sites is 1. The number of rotatable bonds is 3. The van der Waals surface area contributed by atoms with E-state index in [1.807, 2.05) is 18.2 Å². The zero-order valence-electron chi connectivity index (χ0n) is 11.7. The van der Waals surface area contributed by atoms with Gasteiger partial charge in [-0.1, -0.05) is 32.0 Å². The fourth-order valence-electron chi connectivity index (χ4n) is 2.55. The first-order valence-electron chi connectivity index (χ1n) is 6.83. The van der Waals surface area contributed by atoms with Gasteiger partial charge >= 0.3 is 0 Å². The molecule has 1 aliphatic heterocycles. The number of nitrogens with zero attached hydrogens (tertiary/aromatic N) is 1. The van der Waals surface area contributed by atoms with Crippen molar-refractivity contribution < 1.29 is 4.79 Å². The first-order valence-corrected chi connectivity index (χ1v) is 6.83. The molecule has 1 amide bonds. The summed E-state index contributed by atoms with van der Waals surface area (Å²) in [4.78, 5) is 14.5. The fraction of sp³-hybridized carbons (Fsp3) is 0.533. The molecular formula is C15H23N3O. The maximum Gasteiger partial charge on any atom is 0.242 e. The molecule has 1 atom stereocenters. The predicted molar refractivity (Wildman–Crippen MR) is 78.0 cm³/mol. The Morgan fingerprint density at radius 1 is 1.37 bits per heavy atom. The monoisotopic (exact) mass is 261 g/mol. The molecule has 0 radical (unpaired) electrons. The summed E-state index contributed by atoms with van der Waals surface area (Å²) in [6.45, 7) is 6.42. The van der Waals surface area contributed by atoms with Crippen LogP contribution in [0.4, 0.5) is 5.69 Å². The van der Waals surface area contributed by atoms with E-state index in [1.165, 1.54) is 0 Å². The van der Waals surface area contributed by atoms with Crippen LogP contribution in [0.1, 0.15) is 20.3 Å². The molecule has 4 nitrogen and oxygen atoms in total. The lowest BCUT2D eigenvalue weighted by molar-refractivity contribution is -0.122. The van der Waals surface area contributed by atoms with Crippen molar-refractivity contribution in [1.29, 1.82) is 0 Å². The van der Waals surface area contributed by atoms with Crippen LogP contribution in [0, 0.1) is 5.41 Å². The molecule has 0 spiro atoms. The van der Waals surface area contributed by atoms with Crippen molar-refractivity contribution in [1.82, 2.24) is 5.32 Å². The van der Waals surface area contributed by atoms with Crippen LogP contribution in [0.2, 0.25) is 0 Å². The molecule has 3 N–H and O–H groups in total. The second-order valence-corrected chi connectivity index (χ2v) is 5.94. The Morgan fingerprint density at radius 2 is 2.05 bits per heavy atom. The molecule has 0 aliphatic carbocycles. The van der Waals surface area contributed by atoms with Crippen molar-refractivity contribution >= 4 is 11.6 Å². The maximum atomic E-state index is 12.3. The van der Waals surface area contributed by atoms with Gasteiger partial charge in [0.15, 0.2) is 0 Å². The minimum absolute atomic E-state index is 0.0504. The van der Waals surface area contributed by atoms with Gasteiger partial charge in [-0.2, -0.15) is 0 Å². The summed E-state index contributed by atoms with van der Waals surface area (Å²) in [6.07, 6.45) is 0.677. The molecule has 1 saturated heterocycles. The van der Waals surface area contributed by atoms with Crippen LogP contribution in [-0.2, 0) is 4.79 Å². The van der Waals surface area contributed by atoms with Crippen molar-refractivity contribution in [2.75, 3.05) is 24.5 Å². The number of hydrogen-bond acceptors (Lipinski definition) is 3. The van der Waals surface area contributed by atoms with Gasteiger partial charge in [0.2, 0.25) is 5.91 Å². The summed E-state index contributed by atoms with van der Waals surface area (Å²) >= 11 is 0. The molecular weight excluding hydrogens is 238 g/mol. The third-order valence-corrected chi connectivity index (χ3v) is 3.55. The van der Waals surface area contributed by atoms with Gasteiger partial charge in [-0.05, 0) is 30.5 Å². The van der Waals surface area contributed by atoms with Crippen LogP contribution >= 0.6 is 0 Å². The van der Waals surface area contributed by atoms with E-state index in [0.29, 0.717) is 19.5 Å². The average molecular weight is 261 g/mol. The van der Waals surface area contributed by atoms with Gasteiger partial charge in [-0.15, -0.1) is 0 Å². The highest BCUT2D eigenvalue weighted by Gasteiger charge is 2.34. The predicted octanol–water partition coefficient (Wildman–Crippen LogP) is 1.37. The van der Waals surface area contributed by atoms with E-state index in [1.54, 1.807) is 0 Å². The summed E-state index contributed by atoms with van der Waals surface area (Å²) in [5.74, 6) is 0.0832. The quantitative estimate of drug-likeness (QED) is 0.864. The summed E-state index contributed by atoms with van der Waals surface area (Å²) in [5, 5.41) is 3.03. The summed E-state index contributed by atoms with van der Waals surface area (Å²) in [5.41, 5.74) is 6.81. The van der Waals surface area contributed by atoms with E-state index in [-0.39, 0.29) is 17.4 Å². The van der Waals surface area contributed by atoms with Crippen molar-refractivity contribution in [3.63, 3.8) is 0 Å². The van der Waals surface area contributed by atoms with E-state index in [2.05, 4.69) is 36.2 Å². The zero-order chi connectivity index (χ0) is 13.9. The SMILES string of the molecule is CC1(C)CNC(=O)C(CCN)N(c2ccccc2)C1. The Kier molecular flexibility index (Phi) is 4.10. The first-order chi connectivity index (χ1) is 9.03. The highest BCUT2D eigenvalue weighted by Crippen LogP contribution is 2.27. The number of benzene rings is 1. The Hall–Kier alpha value is -1.55. The molecule has 0 bridgehead atoms. The van der Waals surface area contributed by atoms with E-state index >= 15 is 0 Å². The normalized spacial score (nSPS) is 22.8. The molecule has 1 unspecified atom stereocenters. The molecule has 0 aromatic heterocycles. The van der Waals surface area contributed by atoms with Gasteiger partial charge in [-0.3, -0.25) is 4.79 Å². The maximum absolute atomic E-state index is 12.3. The highest BCUT2D eigenvalue weighted by molar-refractivity contribution is 5.85. The van der Waals surface area contributed by atoms with Crippen LogP contribution in [0.3, 0.4) is 0 Å². The topological polar surface area (TPSA) is 58.4 Å². The summed E-state index contributed by atoms with van der Waals surface area (Å²) in [7, 11) is 0. The van der Waals surface area contributed by atoms with Crippen LogP contribution in [-0.4, -0.2) is 31.6 Å². The fourth-order valence-corrected chi connectivity index (χ4v) is 2.55. The Balaban J connectivity index is 2.34. The number of amides is 1. The van der Waals surface area contributed by atoms with Crippen molar-refractivity contribution in [2.45, 2.75) is 26.3 Å². The third kappa shape index (κ3) is 3.26. The van der Waals surface area contributed by atoms with E-state index in [0.717, 1.165) is 12.2 Å². The van der Waals surface area contributed by atoms with Crippen LogP contribution < -0.4 is 16.0 Å². The largest absolute Gasteiger partial charge is 0.359 e. The number of anilines is 1. The average Bonchev–Trinajstić information content (AvgIpc) is 2.51. The molecule has 1 aromatic carbocycles. The third-order valence-electron chi connectivity index (χ3n) is 3.55. The van der Waals surface area contributed by atoms with Crippen LogP contribution in [0.5, 0.6) is 0 Å². The lowest BCUT2D eigenvalue weighted by Crippen LogP contribution is -2.46. The van der Waals surface area contributed by atoms with Gasteiger partial charge in [0, 0.05) is 18.8 Å². The van der Waals surface area contributed by atoms with Crippen molar-refractivity contribution in [3.05, 3.63) is 30.3 Å². The molecule has 4 heteroatoms. The minimum Gasteiger partial charge on any atom is -0.359 e. The molecule has 1 aliphatic rings. The standard InChI is InChI=1S/C15H23N3O/c1-15(2)10-17-14(19)13(8-9-16)18(11-15)12-6-4-3-5-7-12/h3-7,13H,8-11,16H2,1-2H3,(H,17,19). The minimum atomic E-state index is -0.172. The number of nitrogens with one attached hydrogen (secondary N) is 1. The molecule has 1 heterocycles. The zero-order valence-corrected chi connectivity index (χ0v) is 11.7. The Bertz CT molecular complexity index is 430. The Morgan fingerprint density at radius 3 is 2.68 bits per heavy atom. The molecule has 19 heavy (non-hydrogen) atoms. The highest BCUT2D eigenvalue weighted by atomic mass is 16.2. The lowest BCUT2D eigenvalue weighted by Gasteiger charge is -2.34. The number of nitrogens with two attached hydrogens (primary N) is 1. The first kappa shape index (κ1) is 13.9. The summed E-state index contributed by atoms with van der Waals surface area (Å²) < 4.78 is 0. The van der Waals surface area contributed by atoms with Gasteiger partial charge < -0.3 is 16.0 Å². The number of carbonyl (C=O) groups is 1. The van der Waals surface area contributed by atoms with Crippen LogP contribution in [0.15, 0.2) is 30.3 Å². The van der Waals surface area contributed by atoms with Gasteiger partial charge in [0.1, 0.15) is 6.04 Å². The van der Waals surface area contributed by atoms with Crippen molar-refractivity contribution in [3.8, 4) is 0 Å². The second-order valence-electron chi connectivity index (χ2n) is 5.94. The van der Waals surface area contributed by atoms with E-state index < -0.39 is 0 Å². The van der Waals surface area contributed by atoms with Gasteiger partial charge in [0.05, 0.1) is 0 Å². The van der Waals surface area contributed by atoms with E-state index in [4.69, 9.17) is 5.73 Å². The summed E-state index contributed by atoms with van der Waals surface area (Å²) in [6, 6.07) is 9.94. The molecule has 0 saturated carbocycles. The van der Waals surface area contributed by atoms with Crippen LogP contribution in [0.25, 0.3) is 0 Å². The molecule has 1 aromatic rings. The van der Waals surface area contributed by atoms with Gasteiger partial charge in [0.25, 0.3) is 0 Å². The lowest BCUT2D eigenvalue weighted by atomic mass is 9.92. The molecule has 104 valence electrons. The van der Waals surface area contributed by atoms with E-state index in [9.17, 15) is 4.79 Å². The Labute approximate surface area is 115 Å². The van der Waals surface area contributed by atoms with Crippen molar-refractivity contribution in [2.24, 2.45) is 11.1 Å². The number of carbonyl (C=O) groups excluding carboxylic acids is 1. The number of hydrogen-bond donors (Lipinski definition) is 2. The smallest absolute Gasteiger partial charge is 0.242 e. The molecule has 1 fully saturated rings. The second kappa shape index (κ2) is 5.61. The van der Waals surface area contributed by atoms with Gasteiger partial charge in [-0.25, -0.2) is 0 Å².